The number of hydrogen-bond acceptors (Lipinski definition) is 2. The van der Waals surface area contributed by atoms with Gasteiger partial charge in [0.1, 0.15) is 5.69 Å². The van der Waals surface area contributed by atoms with E-state index in [0.717, 1.165) is 29.1 Å². The summed E-state index contributed by atoms with van der Waals surface area (Å²) < 4.78 is 0. The Labute approximate surface area is 132 Å². The highest BCUT2D eigenvalue weighted by Crippen LogP contribution is 2.31. The molecule has 4 heteroatoms. The second-order valence-electron chi connectivity index (χ2n) is 6.51. The molecule has 2 N–H and O–H groups in total. The quantitative estimate of drug-likeness (QED) is 0.885. The average molecular weight is 299 g/mol. The van der Waals surface area contributed by atoms with E-state index >= 15 is 0 Å². The number of nitrogens with zero attached hydrogens (tertiary/aromatic N) is 1. The fourth-order valence-electron chi connectivity index (χ4n) is 2.33. The smallest absolute Gasteiger partial charge is 0.224 e. The zero-order valence-corrected chi connectivity index (χ0v) is 14.1. The van der Waals surface area contributed by atoms with Crippen LogP contribution in [0.5, 0.6) is 0 Å². The molecule has 0 saturated carbocycles. The molecule has 0 radical (unpaired) electrons. The summed E-state index contributed by atoms with van der Waals surface area (Å²) in [5.41, 5.74) is 4.98. The Balaban J connectivity index is 2.40. The Morgan fingerprint density at radius 2 is 1.82 bits per heavy atom. The maximum atomic E-state index is 11.8. The number of rotatable bonds is 4. The van der Waals surface area contributed by atoms with Crippen molar-refractivity contribution in [3.05, 3.63) is 35.5 Å². The van der Waals surface area contributed by atoms with Crippen molar-refractivity contribution in [2.75, 3.05) is 5.32 Å². The van der Waals surface area contributed by atoms with Gasteiger partial charge in [-0.3, -0.25) is 9.89 Å². The van der Waals surface area contributed by atoms with Gasteiger partial charge >= 0.3 is 0 Å². The molecule has 1 aromatic heterocycles. The molecule has 0 spiro atoms. The first kappa shape index (κ1) is 16.3. The minimum absolute atomic E-state index is 0.00339. The number of nitrogens with one attached hydrogen (secondary N) is 2. The lowest BCUT2D eigenvalue weighted by Gasteiger charge is -2.19. The van der Waals surface area contributed by atoms with Gasteiger partial charge in [0.25, 0.3) is 0 Å². The van der Waals surface area contributed by atoms with E-state index in [4.69, 9.17) is 0 Å². The lowest BCUT2D eigenvalue weighted by molar-refractivity contribution is -0.115. The third-order valence-corrected chi connectivity index (χ3v) is 3.80. The van der Waals surface area contributed by atoms with Gasteiger partial charge in [0.05, 0.1) is 11.4 Å². The molecular formula is C18H25N3O. The van der Waals surface area contributed by atoms with Crippen molar-refractivity contribution in [2.24, 2.45) is 0 Å². The zero-order valence-electron chi connectivity index (χ0n) is 14.1. The molecule has 0 saturated heterocycles. The maximum Gasteiger partial charge on any atom is 0.224 e. The lowest BCUT2D eigenvalue weighted by atomic mass is 9.86. The van der Waals surface area contributed by atoms with E-state index in [-0.39, 0.29) is 11.3 Å². The van der Waals surface area contributed by atoms with Crippen LogP contribution < -0.4 is 5.32 Å². The van der Waals surface area contributed by atoms with E-state index in [1.54, 1.807) is 0 Å². The SMILES string of the molecule is CCC(=O)Nc1c(-c2ccc(C(C)(C)C)cc2)n[nH]c1CC. The molecule has 0 atom stereocenters. The summed E-state index contributed by atoms with van der Waals surface area (Å²) >= 11 is 0. The Morgan fingerprint density at radius 1 is 1.18 bits per heavy atom. The van der Waals surface area contributed by atoms with Gasteiger partial charge in [-0.2, -0.15) is 5.10 Å². The van der Waals surface area contributed by atoms with Crippen LogP contribution in [0.3, 0.4) is 0 Å². The third-order valence-electron chi connectivity index (χ3n) is 3.80. The molecule has 1 heterocycles. The number of benzene rings is 1. The van der Waals surface area contributed by atoms with Gasteiger partial charge in [-0.1, -0.05) is 58.9 Å². The Hall–Kier alpha value is -2.10. The van der Waals surface area contributed by atoms with E-state index < -0.39 is 0 Å². The monoisotopic (exact) mass is 299 g/mol. The van der Waals surface area contributed by atoms with Crippen LogP contribution in [0.15, 0.2) is 24.3 Å². The van der Waals surface area contributed by atoms with E-state index in [9.17, 15) is 4.79 Å². The highest BCUT2D eigenvalue weighted by atomic mass is 16.1. The summed E-state index contributed by atoms with van der Waals surface area (Å²) in [4.78, 5) is 11.8. The Bertz CT molecular complexity index is 648. The van der Waals surface area contributed by atoms with Gasteiger partial charge in [0.2, 0.25) is 5.91 Å². The van der Waals surface area contributed by atoms with E-state index in [2.05, 4.69) is 60.6 Å². The molecule has 0 bridgehead atoms. The summed E-state index contributed by atoms with van der Waals surface area (Å²) in [6.07, 6.45) is 1.25. The third kappa shape index (κ3) is 3.38. The van der Waals surface area contributed by atoms with E-state index in [1.165, 1.54) is 5.56 Å². The number of aromatic nitrogens is 2. The van der Waals surface area contributed by atoms with E-state index in [1.807, 2.05) is 13.8 Å². The molecule has 22 heavy (non-hydrogen) atoms. The molecule has 1 amide bonds. The molecule has 118 valence electrons. The van der Waals surface area contributed by atoms with Crippen LogP contribution in [0, 0.1) is 0 Å². The van der Waals surface area contributed by atoms with Crippen LogP contribution in [0.4, 0.5) is 5.69 Å². The minimum atomic E-state index is 0.00339. The standard InChI is InChI=1S/C18H25N3O/c1-6-14-17(19-15(22)7-2)16(21-20-14)12-8-10-13(11-9-12)18(3,4)5/h8-11H,6-7H2,1-5H3,(H,19,22)(H,20,21). The molecule has 0 fully saturated rings. The molecule has 4 nitrogen and oxygen atoms in total. The van der Waals surface area contributed by atoms with Crippen molar-refractivity contribution in [3.8, 4) is 11.3 Å². The number of hydrogen-bond donors (Lipinski definition) is 2. The van der Waals surface area contributed by atoms with Crippen molar-refractivity contribution in [1.29, 1.82) is 0 Å². The second kappa shape index (κ2) is 6.34. The van der Waals surface area contributed by atoms with Gasteiger partial charge in [-0.25, -0.2) is 0 Å². The Morgan fingerprint density at radius 3 is 2.32 bits per heavy atom. The van der Waals surface area contributed by atoms with Crippen molar-refractivity contribution in [2.45, 2.75) is 52.9 Å². The van der Waals surface area contributed by atoms with Gasteiger partial charge in [-0.15, -0.1) is 0 Å². The number of carbonyl (C=O) groups is 1. The molecule has 0 unspecified atom stereocenters. The van der Waals surface area contributed by atoms with Crippen LogP contribution in [-0.4, -0.2) is 16.1 Å². The molecule has 0 aliphatic carbocycles. The summed E-state index contributed by atoms with van der Waals surface area (Å²) in [6.45, 7) is 10.5. The molecule has 0 aliphatic rings. The number of amides is 1. The summed E-state index contributed by atoms with van der Waals surface area (Å²) in [6, 6.07) is 8.39. The normalized spacial score (nSPS) is 11.5. The number of aryl methyl sites for hydroxylation is 1. The van der Waals surface area contributed by atoms with Crippen molar-refractivity contribution >= 4 is 11.6 Å². The van der Waals surface area contributed by atoms with Crippen LogP contribution in [-0.2, 0) is 16.6 Å². The molecule has 2 rings (SSSR count). The molecule has 1 aromatic carbocycles. The number of aromatic amines is 1. The fraction of sp³-hybridized carbons (Fsp3) is 0.444. The van der Waals surface area contributed by atoms with Crippen molar-refractivity contribution in [3.63, 3.8) is 0 Å². The largest absolute Gasteiger partial charge is 0.323 e. The highest BCUT2D eigenvalue weighted by Gasteiger charge is 2.17. The Kier molecular flexibility index (Phi) is 4.69. The zero-order chi connectivity index (χ0) is 16.3. The first-order chi connectivity index (χ1) is 10.4. The van der Waals surface area contributed by atoms with Crippen molar-refractivity contribution in [1.82, 2.24) is 10.2 Å². The summed E-state index contributed by atoms with van der Waals surface area (Å²) in [5.74, 6) is 0.00339. The molecule has 0 aliphatic heterocycles. The maximum absolute atomic E-state index is 11.8. The van der Waals surface area contributed by atoms with Gasteiger partial charge in [0, 0.05) is 12.0 Å². The summed E-state index contributed by atoms with van der Waals surface area (Å²) in [5, 5.41) is 10.4. The van der Waals surface area contributed by atoms with Crippen LogP contribution >= 0.6 is 0 Å². The van der Waals surface area contributed by atoms with Crippen LogP contribution in [0.2, 0.25) is 0 Å². The van der Waals surface area contributed by atoms with Crippen molar-refractivity contribution < 1.29 is 4.79 Å². The topological polar surface area (TPSA) is 57.8 Å². The van der Waals surface area contributed by atoms with Gasteiger partial charge in [0.15, 0.2) is 0 Å². The molecule has 2 aromatic rings. The molecular weight excluding hydrogens is 274 g/mol. The summed E-state index contributed by atoms with van der Waals surface area (Å²) in [7, 11) is 0. The predicted octanol–water partition coefficient (Wildman–Crippen LogP) is 4.29. The van der Waals surface area contributed by atoms with Crippen LogP contribution in [0.25, 0.3) is 11.3 Å². The van der Waals surface area contributed by atoms with E-state index in [0.29, 0.717) is 6.42 Å². The second-order valence-corrected chi connectivity index (χ2v) is 6.51. The first-order valence-electron chi connectivity index (χ1n) is 7.84. The highest BCUT2D eigenvalue weighted by molar-refractivity contribution is 5.95. The lowest BCUT2D eigenvalue weighted by Crippen LogP contribution is -2.11. The number of H-pyrrole nitrogens is 1. The van der Waals surface area contributed by atoms with Gasteiger partial charge in [-0.05, 0) is 17.4 Å². The number of carbonyl (C=O) groups excluding carboxylic acids is 1. The fourth-order valence-corrected chi connectivity index (χ4v) is 2.33. The first-order valence-corrected chi connectivity index (χ1v) is 7.84. The number of anilines is 1. The predicted molar refractivity (Wildman–Crippen MR) is 91.0 cm³/mol. The van der Waals surface area contributed by atoms with Gasteiger partial charge < -0.3 is 5.32 Å². The van der Waals surface area contributed by atoms with Crippen LogP contribution in [0.1, 0.15) is 52.3 Å². The minimum Gasteiger partial charge on any atom is -0.323 e. The average Bonchev–Trinajstić information content (AvgIpc) is 2.89.